The lowest BCUT2D eigenvalue weighted by Gasteiger charge is -2.04. The summed E-state index contributed by atoms with van der Waals surface area (Å²) in [6.07, 6.45) is 4.06. The standard InChI is InChI=1S/C18H16BrN5S/c1-12-4-3-5-13(8-12)17-21-22-18(23(17)2)25-11-15-10-24-9-14(19)6-7-16(24)20-15/h3-10H,11H2,1-2H3. The zero-order valence-corrected chi connectivity index (χ0v) is 16.3. The van der Waals surface area contributed by atoms with Gasteiger partial charge in [0.15, 0.2) is 11.0 Å². The third-order valence-corrected chi connectivity index (χ3v) is 5.45. The summed E-state index contributed by atoms with van der Waals surface area (Å²) in [4.78, 5) is 4.64. The second kappa shape index (κ2) is 6.65. The predicted molar refractivity (Wildman–Crippen MR) is 104 cm³/mol. The van der Waals surface area contributed by atoms with Crippen molar-refractivity contribution in [2.24, 2.45) is 7.05 Å². The van der Waals surface area contributed by atoms with Crippen LogP contribution in [0.4, 0.5) is 0 Å². The molecule has 0 saturated carbocycles. The van der Waals surface area contributed by atoms with E-state index in [1.54, 1.807) is 11.8 Å². The summed E-state index contributed by atoms with van der Waals surface area (Å²) in [5, 5.41) is 9.58. The molecule has 4 aromatic rings. The van der Waals surface area contributed by atoms with Crippen LogP contribution in [0.25, 0.3) is 17.0 Å². The molecule has 0 radical (unpaired) electrons. The average molecular weight is 414 g/mol. The Morgan fingerprint density at radius 3 is 2.84 bits per heavy atom. The fraction of sp³-hybridized carbons (Fsp3) is 0.167. The number of benzene rings is 1. The molecule has 25 heavy (non-hydrogen) atoms. The molecule has 0 aliphatic rings. The van der Waals surface area contributed by atoms with Gasteiger partial charge in [0.05, 0.1) is 5.69 Å². The topological polar surface area (TPSA) is 48.0 Å². The molecule has 0 N–H and O–H groups in total. The van der Waals surface area contributed by atoms with Crippen LogP contribution >= 0.6 is 27.7 Å². The molecule has 0 spiro atoms. The summed E-state index contributed by atoms with van der Waals surface area (Å²) >= 11 is 5.12. The summed E-state index contributed by atoms with van der Waals surface area (Å²) in [5.41, 5.74) is 4.26. The van der Waals surface area contributed by atoms with Gasteiger partial charge in [-0.05, 0) is 41.1 Å². The molecular formula is C18H16BrN5S. The van der Waals surface area contributed by atoms with E-state index in [9.17, 15) is 0 Å². The van der Waals surface area contributed by atoms with E-state index in [0.29, 0.717) is 0 Å². The molecule has 3 heterocycles. The third kappa shape index (κ3) is 3.34. The molecule has 0 fully saturated rings. The van der Waals surface area contributed by atoms with Gasteiger partial charge in [-0.25, -0.2) is 4.98 Å². The summed E-state index contributed by atoms with van der Waals surface area (Å²) in [7, 11) is 2.00. The summed E-state index contributed by atoms with van der Waals surface area (Å²) in [5.74, 6) is 1.63. The van der Waals surface area contributed by atoms with Gasteiger partial charge in [-0.15, -0.1) is 10.2 Å². The lowest BCUT2D eigenvalue weighted by Crippen LogP contribution is -1.95. The van der Waals surface area contributed by atoms with Crippen LogP contribution in [0.3, 0.4) is 0 Å². The largest absolute Gasteiger partial charge is 0.306 e. The number of halogens is 1. The maximum absolute atomic E-state index is 4.64. The summed E-state index contributed by atoms with van der Waals surface area (Å²) in [6, 6.07) is 12.3. The molecule has 1 aromatic carbocycles. The molecule has 7 heteroatoms. The van der Waals surface area contributed by atoms with Crippen LogP contribution in [0.15, 0.2) is 58.4 Å². The quantitative estimate of drug-likeness (QED) is 0.462. The SMILES string of the molecule is Cc1cccc(-c2nnc(SCc3cn4cc(Br)ccc4n3)n2C)c1. The number of imidazole rings is 1. The Morgan fingerprint density at radius 1 is 1.12 bits per heavy atom. The van der Waals surface area contributed by atoms with Crippen molar-refractivity contribution in [2.45, 2.75) is 17.8 Å². The molecule has 5 nitrogen and oxygen atoms in total. The second-order valence-electron chi connectivity index (χ2n) is 5.87. The van der Waals surface area contributed by atoms with Crippen molar-refractivity contribution < 1.29 is 0 Å². The molecule has 0 saturated heterocycles. The molecule has 0 atom stereocenters. The molecule has 0 amide bonds. The first-order valence-corrected chi connectivity index (χ1v) is 9.60. The number of hydrogen-bond acceptors (Lipinski definition) is 4. The van der Waals surface area contributed by atoms with Gasteiger partial charge in [-0.3, -0.25) is 0 Å². The van der Waals surface area contributed by atoms with Crippen molar-refractivity contribution in [3.63, 3.8) is 0 Å². The minimum atomic E-state index is 0.749. The van der Waals surface area contributed by atoms with Crippen molar-refractivity contribution in [2.75, 3.05) is 0 Å². The number of nitrogens with zero attached hydrogens (tertiary/aromatic N) is 5. The Labute approximate surface area is 158 Å². The Morgan fingerprint density at radius 2 is 2.00 bits per heavy atom. The summed E-state index contributed by atoms with van der Waals surface area (Å²) in [6.45, 7) is 2.08. The fourth-order valence-electron chi connectivity index (χ4n) is 2.70. The van der Waals surface area contributed by atoms with E-state index in [4.69, 9.17) is 0 Å². The Balaban J connectivity index is 1.55. The van der Waals surface area contributed by atoms with Crippen LogP contribution in [-0.2, 0) is 12.8 Å². The van der Waals surface area contributed by atoms with E-state index in [0.717, 1.165) is 38.1 Å². The van der Waals surface area contributed by atoms with Crippen LogP contribution in [0.1, 0.15) is 11.3 Å². The lowest BCUT2D eigenvalue weighted by atomic mass is 10.1. The van der Waals surface area contributed by atoms with Crippen LogP contribution in [0, 0.1) is 6.92 Å². The van der Waals surface area contributed by atoms with Crippen LogP contribution in [0.2, 0.25) is 0 Å². The van der Waals surface area contributed by atoms with E-state index in [-0.39, 0.29) is 0 Å². The number of fused-ring (bicyclic) bond motifs is 1. The molecule has 0 bridgehead atoms. The highest BCUT2D eigenvalue weighted by atomic mass is 79.9. The maximum Gasteiger partial charge on any atom is 0.191 e. The van der Waals surface area contributed by atoms with Gasteiger partial charge in [-0.2, -0.15) is 0 Å². The highest BCUT2D eigenvalue weighted by molar-refractivity contribution is 9.10. The van der Waals surface area contributed by atoms with Gasteiger partial charge in [0.2, 0.25) is 0 Å². The van der Waals surface area contributed by atoms with Crippen LogP contribution in [-0.4, -0.2) is 24.1 Å². The van der Waals surface area contributed by atoms with Crippen molar-refractivity contribution in [3.05, 3.63) is 64.5 Å². The van der Waals surface area contributed by atoms with Crippen molar-refractivity contribution in [1.82, 2.24) is 24.1 Å². The number of thioether (sulfide) groups is 1. The Hall–Kier alpha value is -2.12. The number of rotatable bonds is 4. The lowest BCUT2D eigenvalue weighted by molar-refractivity contribution is 0.793. The van der Waals surface area contributed by atoms with Gasteiger partial charge >= 0.3 is 0 Å². The van der Waals surface area contributed by atoms with Crippen molar-refractivity contribution in [3.8, 4) is 11.4 Å². The van der Waals surface area contributed by atoms with Crippen LogP contribution in [0.5, 0.6) is 0 Å². The number of hydrogen-bond donors (Lipinski definition) is 0. The molecule has 4 rings (SSSR count). The molecule has 0 aliphatic carbocycles. The first-order valence-electron chi connectivity index (χ1n) is 7.82. The van der Waals surface area contributed by atoms with E-state index in [2.05, 4.69) is 56.2 Å². The maximum atomic E-state index is 4.64. The highest BCUT2D eigenvalue weighted by Gasteiger charge is 2.12. The fourth-order valence-corrected chi connectivity index (χ4v) is 3.85. The van der Waals surface area contributed by atoms with Crippen LogP contribution < -0.4 is 0 Å². The van der Waals surface area contributed by atoms with E-state index < -0.39 is 0 Å². The monoisotopic (exact) mass is 413 g/mol. The molecule has 126 valence electrons. The minimum absolute atomic E-state index is 0.749. The molecule has 3 aromatic heterocycles. The normalized spacial score (nSPS) is 11.3. The second-order valence-corrected chi connectivity index (χ2v) is 7.73. The molecular weight excluding hydrogens is 398 g/mol. The van der Waals surface area contributed by atoms with Crippen molar-refractivity contribution in [1.29, 1.82) is 0 Å². The third-order valence-electron chi connectivity index (χ3n) is 3.93. The number of aryl methyl sites for hydroxylation is 1. The molecule has 0 unspecified atom stereocenters. The first kappa shape index (κ1) is 16.4. The number of aromatic nitrogens is 5. The Kier molecular flexibility index (Phi) is 4.35. The van der Waals surface area contributed by atoms with Crippen molar-refractivity contribution >= 4 is 33.3 Å². The number of pyridine rings is 1. The van der Waals surface area contributed by atoms with E-state index >= 15 is 0 Å². The average Bonchev–Trinajstić information content (AvgIpc) is 3.15. The minimum Gasteiger partial charge on any atom is -0.306 e. The zero-order chi connectivity index (χ0) is 17.4. The van der Waals surface area contributed by atoms with Gasteiger partial charge in [0, 0.05) is 35.2 Å². The zero-order valence-electron chi connectivity index (χ0n) is 13.8. The van der Waals surface area contributed by atoms with Gasteiger partial charge in [0.1, 0.15) is 5.65 Å². The van der Waals surface area contributed by atoms with Gasteiger partial charge in [-0.1, -0.05) is 35.5 Å². The summed E-state index contributed by atoms with van der Waals surface area (Å²) < 4.78 is 5.09. The first-order chi connectivity index (χ1) is 12.1. The molecule has 0 aliphatic heterocycles. The van der Waals surface area contributed by atoms with E-state index in [1.165, 1.54) is 5.56 Å². The Bertz CT molecular complexity index is 1050. The smallest absolute Gasteiger partial charge is 0.191 e. The highest BCUT2D eigenvalue weighted by Crippen LogP contribution is 2.25. The van der Waals surface area contributed by atoms with Gasteiger partial charge < -0.3 is 8.97 Å². The van der Waals surface area contributed by atoms with E-state index in [1.807, 2.05) is 46.6 Å². The van der Waals surface area contributed by atoms with Gasteiger partial charge in [0.25, 0.3) is 0 Å². The predicted octanol–water partition coefficient (Wildman–Crippen LogP) is 4.49.